The summed E-state index contributed by atoms with van der Waals surface area (Å²) in [6.45, 7) is 0. The third kappa shape index (κ3) is 4.83. The Bertz CT molecular complexity index is 1940. The van der Waals surface area contributed by atoms with Gasteiger partial charge in [-0.1, -0.05) is 133 Å². The summed E-state index contributed by atoms with van der Waals surface area (Å²) in [5.74, 6) is 0.854. The normalized spacial score (nSPS) is 16.3. The Balaban J connectivity index is 1.45. The van der Waals surface area contributed by atoms with Gasteiger partial charge in [0.05, 0.1) is 11.6 Å². The Labute approximate surface area is 245 Å². The molecule has 0 saturated heterocycles. The molecule has 1 aliphatic heterocycles. The molecule has 2 N–H and O–H groups in total. The smallest absolute Gasteiger partial charge is 0.131 e. The maximum Gasteiger partial charge on any atom is 0.131 e. The van der Waals surface area contributed by atoms with Crippen molar-refractivity contribution >= 4 is 16.6 Å². The van der Waals surface area contributed by atoms with E-state index in [0.29, 0.717) is 5.56 Å². The summed E-state index contributed by atoms with van der Waals surface area (Å²) in [5.41, 5.74) is 8.39. The summed E-state index contributed by atoms with van der Waals surface area (Å²) < 4.78 is 0. The van der Waals surface area contributed by atoms with Crippen LogP contribution in [0.5, 0.6) is 0 Å². The second-order valence-electron chi connectivity index (χ2n) is 10.4. The first-order valence-electron chi connectivity index (χ1n) is 14.1. The maximum absolute atomic E-state index is 9.35. The minimum absolute atomic E-state index is 0.135. The van der Waals surface area contributed by atoms with Gasteiger partial charge >= 0.3 is 0 Å². The highest BCUT2D eigenvalue weighted by molar-refractivity contribution is 6.01. The molecule has 7 rings (SSSR count). The third-order valence-electron chi connectivity index (χ3n) is 7.83. The van der Waals surface area contributed by atoms with E-state index >= 15 is 0 Å². The highest BCUT2D eigenvalue weighted by Gasteiger charge is 2.29. The molecule has 0 aliphatic carbocycles. The van der Waals surface area contributed by atoms with Crippen molar-refractivity contribution in [2.24, 2.45) is 4.99 Å². The summed E-state index contributed by atoms with van der Waals surface area (Å²) in [4.78, 5) is 5.32. The van der Waals surface area contributed by atoms with Gasteiger partial charge in [-0.15, -0.1) is 0 Å². The minimum Gasteiger partial charge on any atom is -0.350 e. The topological polar surface area (TPSA) is 60.2 Å². The van der Waals surface area contributed by atoms with Gasteiger partial charge < -0.3 is 5.32 Å². The van der Waals surface area contributed by atoms with Gasteiger partial charge in [0.15, 0.2) is 0 Å². The molecule has 6 aromatic rings. The summed E-state index contributed by atoms with van der Waals surface area (Å²) in [7, 11) is 0. The number of hydrogen-bond acceptors (Lipinski definition) is 4. The van der Waals surface area contributed by atoms with Gasteiger partial charge in [0.2, 0.25) is 0 Å². The molecular weight excluding hydrogens is 512 g/mol. The van der Waals surface area contributed by atoms with Gasteiger partial charge in [-0.05, 0) is 50.7 Å². The lowest BCUT2D eigenvalue weighted by atomic mass is 9.87. The standard InChI is InChI=1S/C38H28N4/c39-25-26-19-21-28(22-20-26)31-16-9-10-18-33(31)34-24-23-27-11-7-8-17-32(27)35(34)38-41-36(29-12-3-1-4-13-29)40-37(42-38)30-14-5-2-6-15-30/h1-24,36,38,41H,(H,40,42). The number of nitriles is 1. The minimum atomic E-state index is -0.318. The van der Waals surface area contributed by atoms with Gasteiger partial charge in [-0.25, -0.2) is 4.99 Å². The maximum atomic E-state index is 9.35. The zero-order valence-electron chi connectivity index (χ0n) is 22.9. The molecule has 1 heterocycles. The fraction of sp³-hybridized carbons (Fsp3) is 0.0526. The first-order valence-corrected chi connectivity index (χ1v) is 14.1. The van der Waals surface area contributed by atoms with E-state index in [4.69, 9.17) is 4.99 Å². The predicted octanol–water partition coefficient (Wildman–Crippen LogP) is 8.38. The first kappa shape index (κ1) is 25.5. The van der Waals surface area contributed by atoms with Crippen LogP contribution in [0.4, 0.5) is 0 Å². The second kappa shape index (κ2) is 11.2. The highest BCUT2D eigenvalue weighted by Crippen LogP contribution is 2.41. The second-order valence-corrected chi connectivity index (χ2v) is 10.4. The monoisotopic (exact) mass is 540 g/mol. The molecule has 42 heavy (non-hydrogen) atoms. The molecule has 0 radical (unpaired) electrons. The fourth-order valence-electron chi connectivity index (χ4n) is 5.79. The molecule has 1 aliphatic rings. The molecular formula is C38H28N4. The van der Waals surface area contributed by atoms with E-state index in [1.54, 1.807) is 0 Å². The number of amidine groups is 1. The first-order chi connectivity index (χ1) is 20.8. The van der Waals surface area contributed by atoms with Crippen LogP contribution in [0.25, 0.3) is 33.0 Å². The number of benzene rings is 6. The number of hydrogen-bond donors (Lipinski definition) is 2. The molecule has 200 valence electrons. The molecule has 0 amide bonds. The van der Waals surface area contributed by atoms with Crippen molar-refractivity contribution in [1.82, 2.24) is 10.6 Å². The highest BCUT2D eigenvalue weighted by atomic mass is 15.3. The summed E-state index contributed by atoms with van der Waals surface area (Å²) >= 11 is 0. The Morgan fingerprint density at radius 1 is 0.571 bits per heavy atom. The van der Waals surface area contributed by atoms with Crippen molar-refractivity contribution < 1.29 is 0 Å². The number of rotatable bonds is 5. The van der Waals surface area contributed by atoms with E-state index in [1.807, 2.05) is 48.5 Å². The van der Waals surface area contributed by atoms with E-state index in [0.717, 1.165) is 50.2 Å². The van der Waals surface area contributed by atoms with Crippen LogP contribution in [0.2, 0.25) is 0 Å². The summed E-state index contributed by atoms with van der Waals surface area (Å²) in [6.07, 6.45) is -0.453. The van der Waals surface area contributed by atoms with E-state index < -0.39 is 0 Å². The van der Waals surface area contributed by atoms with Crippen LogP contribution < -0.4 is 10.6 Å². The zero-order valence-corrected chi connectivity index (χ0v) is 22.9. The van der Waals surface area contributed by atoms with E-state index in [-0.39, 0.29) is 12.3 Å². The molecule has 2 unspecified atom stereocenters. The Morgan fingerprint density at radius 2 is 1.24 bits per heavy atom. The average Bonchev–Trinajstić information content (AvgIpc) is 3.08. The van der Waals surface area contributed by atoms with Crippen LogP contribution in [0, 0.1) is 11.3 Å². The Kier molecular flexibility index (Phi) is 6.77. The molecule has 6 aromatic carbocycles. The van der Waals surface area contributed by atoms with Crippen LogP contribution in [0.1, 0.15) is 34.6 Å². The molecule has 0 aromatic heterocycles. The third-order valence-corrected chi connectivity index (χ3v) is 7.83. The van der Waals surface area contributed by atoms with E-state index in [1.165, 1.54) is 5.39 Å². The van der Waals surface area contributed by atoms with Crippen LogP contribution in [-0.2, 0) is 0 Å². The van der Waals surface area contributed by atoms with Crippen molar-refractivity contribution in [1.29, 1.82) is 5.26 Å². The van der Waals surface area contributed by atoms with Gasteiger partial charge in [-0.2, -0.15) is 5.26 Å². The van der Waals surface area contributed by atoms with Crippen LogP contribution in [-0.4, -0.2) is 5.84 Å². The number of nitrogens with one attached hydrogen (secondary N) is 2. The predicted molar refractivity (Wildman–Crippen MR) is 171 cm³/mol. The van der Waals surface area contributed by atoms with Gasteiger partial charge in [0.25, 0.3) is 0 Å². The zero-order chi connectivity index (χ0) is 28.3. The van der Waals surface area contributed by atoms with Crippen molar-refractivity contribution in [2.75, 3.05) is 0 Å². The molecule has 4 nitrogen and oxygen atoms in total. The molecule has 0 saturated carbocycles. The van der Waals surface area contributed by atoms with Gasteiger partial charge in [0.1, 0.15) is 18.2 Å². The number of nitrogens with zero attached hydrogens (tertiary/aromatic N) is 2. The van der Waals surface area contributed by atoms with Crippen LogP contribution >= 0.6 is 0 Å². The summed E-state index contributed by atoms with van der Waals surface area (Å²) in [5, 5.41) is 19.2. The van der Waals surface area contributed by atoms with Gasteiger partial charge in [-0.3, -0.25) is 5.32 Å². The van der Waals surface area contributed by atoms with Crippen LogP contribution in [0.15, 0.2) is 151 Å². The Morgan fingerprint density at radius 3 is 2.00 bits per heavy atom. The molecule has 0 fully saturated rings. The SMILES string of the molecule is N#Cc1ccc(-c2ccccc2-c2ccc3ccccc3c2C2N=C(c3ccccc3)NC(c3ccccc3)N2)cc1. The molecule has 0 spiro atoms. The van der Waals surface area contributed by atoms with Crippen molar-refractivity contribution in [3.63, 3.8) is 0 Å². The van der Waals surface area contributed by atoms with E-state index in [2.05, 4.69) is 114 Å². The summed E-state index contributed by atoms with van der Waals surface area (Å²) in [6, 6.07) is 52.2. The molecule has 4 heteroatoms. The lowest BCUT2D eigenvalue weighted by molar-refractivity contribution is 0.411. The molecule has 2 atom stereocenters. The largest absolute Gasteiger partial charge is 0.350 e. The average molecular weight is 541 g/mol. The fourth-order valence-corrected chi connectivity index (χ4v) is 5.79. The van der Waals surface area contributed by atoms with Crippen molar-refractivity contribution in [2.45, 2.75) is 12.3 Å². The van der Waals surface area contributed by atoms with Gasteiger partial charge in [0, 0.05) is 11.1 Å². The van der Waals surface area contributed by atoms with Crippen molar-refractivity contribution in [3.8, 4) is 28.3 Å². The van der Waals surface area contributed by atoms with Crippen molar-refractivity contribution in [3.05, 3.63) is 168 Å². The molecule has 0 bridgehead atoms. The number of fused-ring (bicyclic) bond motifs is 1. The lowest BCUT2D eigenvalue weighted by Gasteiger charge is -2.33. The Hall–Kier alpha value is -5.50. The lowest BCUT2D eigenvalue weighted by Crippen LogP contribution is -2.45. The van der Waals surface area contributed by atoms with Crippen LogP contribution in [0.3, 0.4) is 0 Å². The number of aliphatic imine (C=N–C) groups is 1. The quantitative estimate of drug-likeness (QED) is 0.231. The van der Waals surface area contributed by atoms with E-state index in [9.17, 15) is 5.26 Å².